The molecule has 0 heterocycles. The van der Waals surface area contributed by atoms with Gasteiger partial charge in [-0.25, -0.2) is 4.79 Å². The molecule has 1 unspecified atom stereocenters. The van der Waals surface area contributed by atoms with E-state index in [0.717, 1.165) is 5.56 Å². The summed E-state index contributed by atoms with van der Waals surface area (Å²) >= 11 is 0. The quantitative estimate of drug-likeness (QED) is 0.378. The van der Waals surface area contributed by atoms with Gasteiger partial charge in [0.05, 0.1) is 0 Å². The standard InChI is InChI=1S/C10H9NO/c1-2-10(11-8-12)9-6-4-3-5-7-9/h2-7,10H,1H2. The van der Waals surface area contributed by atoms with Gasteiger partial charge in [-0.3, -0.25) is 0 Å². The van der Waals surface area contributed by atoms with Crippen molar-refractivity contribution in [1.29, 1.82) is 0 Å². The zero-order chi connectivity index (χ0) is 8.81. The minimum Gasteiger partial charge on any atom is -0.211 e. The van der Waals surface area contributed by atoms with Gasteiger partial charge in [-0.15, -0.1) is 6.58 Å². The molecule has 12 heavy (non-hydrogen) atoms. The largest absolute Gasteiger partial charge is 0.235 e. The Labute approximate surface area is 71.3 Å². The van der Waals surface area contributed by atoms with Crippen molar-refractivity contribution in [2.45, 2.75) is 6.04 Å². The van der Waals surface area contributed by atoms with Crippen molar-refractivity contribution in [3.05, 3.63) is 48.6 Å². The van der Waals surface area contributed by atoms with Gasteiger partial charge in [0.2, 0.25) is 6.08 Å². The summed E-state index contributed by atoms with van der Waals surface area (Å²) in [6, 6.07) is 9.23. The van der Waals surface area contributed by atoms with Gasteiger partial charge in [-0.2, -0.15) is 4.99 Å². The summed E-state index contributed by atoms with van der Waals surface area (Å²) in [5.74, 6) is 0. The lowest BCUT2D eigenvalue weighted by Crippen LogP contribution is -1.88. The van der Waals surface area contributed by atoms with E-state index < -0.39 is 0 Å². The van der Waals surface area contributed by atoms with Crippen LogP contribution in [0.15, 0.2) is 48.0 Å². The average molecular weight is 159 g/mol. The molecule has 1 rings (SSSR count). The van der Waals surface area contributed by atoms with Gasteiger partial charge in [0.15, 0.2) is 0 Å². The molecule has 0 saturated carbocycles. The number of benzene rings is 1. The molecule has 0 aliphatic carbocycles. The Kier molecular flexibility index (Phi) is 3.00. The number of aliphatic imine (C=N–C) groups is 1. The number of hydrogen-bond acceptors (Lipinski definition) is 2. The lowest BCUT2D eigenvalue weighted by atomic mass is 10.1. The summed E-state index contributed by atoms with van der Waals surface area (Å²) in [6.07, 6.45) is 3.13. The predicted molar refractivity (Wildman–Crippen MR) is 47.5 cm³/mol. The lowest BCUT2D eigenvalue weighted by molar-refractivity contribution is 0.561. The zero-order valence-electron chi connectivity index (χ0n) is 6.60. The first-order valence-corrected chi connectivity index (χ1v) is 3.63. The number of hydrogen-bond donors (Lipinski definition) is 0. The van der Waals surface area contributed by atoms with Crippen LogP contribution in [0.4, 0.5) is 0 Å². The van der Waals surface area contributed by atoms with E-state index in [4.69, 9.17) is 0 Å². The fourth-order valence-corrected chi connectivity index (χ4v) is 0.970. The molecular formula is C10H9NO. The van der Waals surface area contributed by atoms with Gasteiger partial charge in [-0.1, -0.05) is 36.4 Å². The third-order valence-electron chi connectivity index (χ3n) is 1.56. The molecule has 0 spiro atoms. The first-order valence-electron chi connectivity index (χ1n) is 3.63. The molecule has 0 aromatic heterocycles. The third kappa shape index (κ3) is 1.91. The molecule has 60 valence electrons. The molecule has 0 saturated heterocycles. The molecular weight excluding hydrogens is 150 g/mol. The average Bonchev–Trinajstić information content (AvgIpc) is 2.15. The molecule has 1 aromatic carbocycles. The molecule has 1 aromatic rings. The second-order valence-corrected chi connectivity index (χ2v) is 2.31. The van der Waals surface area contributed by atoms with Crippen LogP contribution in [-0.4, -0.2) is 6.08 Å². The summed E-state index contributed by atoms with van der Waals surface area (Å²) in [5, 5.41) is 0. The summed E-state index contributed by atoms with van der Waals surface area (Å²) in [5.41, 5.74) is 0.954. The van der Waals surface area contributed by atoms with E-state index in [1.807, 2.05) is 30.3 Å². The molecule has 2 heteroatoms. The normalized spacial score (nSPS) is 11.3. The molecule has 0 aliphatic rings. The topological polar surface area (TPSA) is 29.4 Å². The molecule has 0 N–H and O–H groups in total. The molecule has 0 amide bonds. The highest BCUT2D eigenvalue weighted by Crippen LogP contribution is 2.16. The summed E-state index contributed by atoms with van der Waals surface area (Å²) in [4.78, 5) is 13.6. The zero-order valence-corrected chi connectivity index (χ0v) is 6.60. The van der Waals surface area contributed by atoms with Crippen LogP contribution in [0, 0.1) is 0 Å². The summed E-state index contributed by atoms with van der Waals surface area (Å²) < 4.78 is 0. The number of nitrogens with zero attached hydrogens (tertiary/aromatic N) is 1. The van der Waals surface area contributed by atoms with Gasteiger partial charge in [0, 0.05) is 0 Å². The highest BCUT2D eigenvalue weighted by atomic mass is 16.1. The van der Waals surface area contributed by atoms with Gasteiger partial charge >= 0.3 is 0 Å². The van der Waals surface area contributed by atoms with E-state index in [1.165, 1.54) is 6.08 Å². The van der Waals surface area contributed by atoms with E-state index in [0.29, 0.717) is 0 Å². The second kappa shape index (κ2) is 4.27. The van der Waals surface area contributed by atoms with Crippen LogP contribution in [0.3, 0.4) is 0 Å². The van der Waals surface area contributed by atoms with Crippen molar-refractivity contribution < 1.29 is 4.79 Å². The van der Waals surface area contributed by atoms with Crippen molar-refractivity contribution in [1.82, 2.24) is 0 Å². The molecule has 0 bridgehead atoms. The van der Waals surface area contributed by atoms with Crippen LogP contribution < -0.4 is 0 Å². The van der Waals surface area contributed by atoms with Crippen LogP contribution in [0.2, 0.25) is 0 Å². The third-order valence-corrected chi connectivity index (χ3v) is 1.56. The SMILES string of the molecule is C=CC(N=C=O)c1ccccc1. The predicted octanol–water partition coefficient (Wildman–Crippen LogP) is 2.25. The van der Waals surface area contributed by atoms with E-state index >= 15 is 0 Å². The highest BCUT2D eigenvalue weighted by molar-refractivity contribution is 5.36. The Balaban J connectivity index is 2.94. The van der Waals surface area contributed by atoms with E-state index in [9.17, 15) is 4.79 Å². The molecule has 0 radical (unpaired) electrons. The van der Waals surface area contributed by atoms with Gasteiger partial charge in [-0.05, 0) is 5.56 Å². The molecule has 0 fully saturated rings. The van der Waals surface area contributed by atoms with Gasteiger partial charge in [0.1, 0.15) is 6.04 Å². The van der Waals surface area contributed by atoms with E-state index in [1.54, 1.807) is 6.08 Å². The van der Waals surface area contributed by atoms with E-state index in [2.05, 4.69) is 11.6 Å². The monoisotopic (exact) mass is 159 g/mol. The van der Waals surface area contributed by atoms with Crippen LogP contribution in [0.25, 0.3) is 0 Å². The van der Waals surface area contributed by atoms with Crippen molar-refractivity contribution in [2.24, 2.45) is 4.99 Å². The van der Waals surface area contributed by atoms with E-state index in [-0.39, 0.29) is 6.04 Å². The van der Waals surface area contributed by atoms with Crippen LogP contribution >= 0.6 is 0 Å². The Morgan fingerprint density at radius 2 is 2.08 bits per heavy atom. The number of rotatable bonds is 3. The fourth-order valence-electron chi connectivity index (χ4n) is 0.970. The highest BCUT2D eigenvalue weighted by Gasteiger charge is 2.02. The Morgan fingerprint density at radius 1 is 1.42 bits per heavy atom. The molecule has 0 aliphatic heterocycles. The smallest absolute Gasteiger partial charge is 0.211 e. The Hall–Kier alpha value is -1.66. The maximum Gasteiger partial charge on any atom is 0.235 e. The number of isocyanates is 1. The number of carbonyl (C=O) groups excluding carboxylic acids is 1. The molecule has 2 nitrogen and oxygen atoms in total. The lowest BCUT2D eigenvalue weighted by Gasteiger charge is -2.03. The van der Waals surface area contributed by atoms with Crippen molar-refractivity contribution in [3.8, 4) is 0 Å². The van der Waals surface area contributed by atoms with Crippen molar-refractivity contribution >= 4 is 6.08 Å². The van der Waals surface area contributed by atoms with Crippen LogP contribution in [0.1, 0.15) is 11.6 Å². The van der Waals surface area contributed by atoms with Crippen LogP contribution in [-0.2, 0) is 4.79 Å². The second-order valence-electron chi connectivity index (χ2n) is 2.31. The summed E-state index contributed by atoms with van der Waals surface area (Å²) in [6.45, 7) is 3.58. The maximum absolute atomic E-state index is 10.0. The molecule has 1 atom stereocenters. The van der Waals surface area contributed by atoms with Crippen LogP contribution in [0.5, 0.6) is 0 Å². The van der Waals surface area contributed by atoms with Gasteiger partial charge < -0.3 is 0 Å². The maximum atomic E-state index is 10.0. The Morgan fingerprint density at radius 3 is 2.58 bits per heavy atom. The first-order chi connectivity index (χ1) is 5.88. The minimum atomic E-state index is -0.260. The first kappa shape index (κ1) is 8.44. The summed E-state index contributed by atoms with van der Waals surface area (Å²) in [7, 11) is 0. The van der Waals surface area contributed by atoms with Crippen molar-refractivity contribution in [3.63, 3.8) is 0 Å². The van der Waals surface area contributed by atoms with Gasteiger partial charge in [0.25, 0.3) is 0 Å². The Bertz CT molecular complexity index is 299. The fraction of sp³-hybridized carbons (Fsp3) is 0.100. The van der Waals surface area contributed by atoms with Crippen molar-refractivity contribution in [2.75, 3.05) is 0 Å². The minimum absolute atomic E-state index is 0.260.